The van der Waals surface area contributed by atoms with Gasteiger partial charge < -0.3 is 5.73 Å². The topological polar surface area (TPSA) is 60.2 Å². The molecule has 0 unspecified atom stereocenters. The van der Waals surface area contributed by atoms with Gasteiger partial charge in [-0.1, -0.05) is 27.7 Å². The molecular formula is C9H21NO2S. The molecule has 0 rings (SSSR count). The fourth-order valence-corrected chi connectivity index (χ4v) is 2.93. The maximum atomic E-state index is 11.4. The van der Waals surface area contributed by atoms with E-state index in [9.17, 15) is 8.42 Å². The summed E-state index contributed by atoms with van der Waals surface area (Å²) >= 11 is 0. The van der Waals surface area contributed by atoms with Crippen molar-refractivity contribution in [1.82, 2.24) is 0 Å². The van der Waals surface area contributed by atoms with Crippen LogP contribution in [0.2, 0.25) is 0 Å². The van der Waals surface area contributed by atoms with E-state index in [1.54, 1.807) is 0 Å². The van der Waals surface area contributed by atoms with Gasteiger partial charge in [0.15, 0.2) is 9.84 Å². The van der Waals surface area contributed by atoms with Crippen molar-refractivity contribution >= 4 is 9.84 Å². The minimum Gasteiger partial charge on any atom is -0.326 e. The van der Waals surface area contributed by atoms with Crippen LogP contribution in [0.15, 0.2) is 0 Å². The van der Waals surface area contributed by atoms with Gasteiger partial charge in [-0.15, -0.1) is 0 Å². The van der Waals surface area contributed by atoms with E-state index in [-0.39, 0.29) is 11.5 Å². The van der Waals surface area contributed by atoms with Gasteiger partial charge in [0.05, 0.1) is 5.25 Å². The summed E-state index contributed by atoms with van der Waals surface area (Å²) in [7, 11) is -3.02. The van der Waals surface area contributed by atoms with Crippen molar-refractivity contribution in [1.29, 1.82) is 0 Å². The van der Waals surface area contributed by atoms with E-state index in [4.69, 9.17) is 5.73 Å². The molecule has 2 atom stereocenters. The Kier molecular flexibility index (Phi) is 3.94. The van der Waals surface area contributed by atoms with Crippen molar-refractivity contribution in [2.75, 3.05) is 6.26 Å². The van der Waals surface area contributed by atoms with E-state index >= 15 is 0 Å². The average molecular weight is 207 g/mol. The molecule has 0 bridgehead atoms. The summed E-state index contributed by atoms with van der Waals surface area (Å²) in [5, 5.41) is -0.424. The van der Waals surface area contributed by atoms with Gasteiger partial charge in [-0.05, 0) is 11.8 Å². The summed E-state index contributed by atoms with van der Waals surface area (Å²) in [5.41, 5.74) is 5.75. The summed E-state index contributed by atoms with van der Waals surface area (Å²) in [4.78, 5) is 0. The largest absolute Gasteiger partial charge is 0.326 e. The lowest BCUT2D eigenvalue weighted by atomic mass is 9.84. The minimum absolute atomic E-state index is 0.163. The molecule has 2 N–H and O–H groups in total. The molecule has 0 saturated carbocycles. The zero-order valence-electron chi connectivity index (χ0n) is 9.16. The summed E-state index contributed by atoms with van der Waals surface area (Å²) in [6, 6.07) is -0.299. The second-order valence-corrected chi connectivity index (χ2v) is 6.93. The highest BCUT2D eigenvalue weighted by Gasteiger charge is 2.33. The van der Waals surface area contributed by atoms with Crippen LogP contribution in [0.25, 0.3) is 0 Å². The third-order valence-corrected chi connectivity index (χ3v) is 4.08. The molecule has 0 saturated heterocycles. The van der Waals surface area contributed by atoms with E-state index in [1.165, 1.54) is 6.26 Å². The summed E-state index contributed by atoms with van der Waals surface area (Å²) in [6.45, 7) is 7.75. The Morgan fingerprint density at radius 2 is 1.69 bits per heavy atom. The number of hydrogen-bond acceptors (Lipinski definition) is 3. The highest BCUT2D eigenvalue weighted by molar-refractivity contribution is 7.91. The number of nitrogens with two attached hydrogens (primary N) is 1. The highest BCUT2D eigenvalue weighted by atomic mass is 32.2. The van der Waals surface area contributed by atoms with E-state index in [0.717, 1.165) is 0 Å². The third kappa shape index (κ3) is 3.65. The molecule has 0 spiro atoms. The molecule has 3 nitrogen and oxygen atoms in total. The predicted molar refractivity (Wildman–Crippen MR) is 56.4 cm³/mol. The van der Waals surface area contributed by atoms with Crippen LogP contribution in [-0.4, -0.2) is 26.0 Å². The van der Waals surface area contributed by atoms with Gasteiger partial charge in [0.1, 0.15) is 0 Å². The lowest BCUT2D eigenvalue weighted by Gasteiger charge is -2.32. The molecule has 0 aromatic heterocycles. The summed E-state index contributed by atoms with van der Waals surface area (Å²) < 4.78 is 22.7. The van der Waals surface area contributed by atoms with Crippen LogP contribution in [0.3, 0.4) is 0 Å². The zero-order chi connectivity index (χ0) is 10.9. The van der Waals surface area contributed by atoms with Crippen molar-refractivity contribution in [3.63, 3.8) is 0 Å². The Labute approximate surface area is 81.6 Å². The van der Waals surface area contributed by atoms with Crippen molar-refractivity contribution < 1.29 is 8.42 Å². The first-order valence-corrected chi connectivity index (χ1v) is 6.50. The van der Waals surface area contributed by atoms with Crippen LogP contribution in [0.1, 0.15) is 34.1 Å². The Morgan fingerprint density at radius 1 is 1.31 bits per heavy atom. The molecule has 0 aromatic rings. The SMILES string of the molecule is CC[C@@H]([C@@H](N)C(C)(C)C)S(C)(=O)=O. The second-order valence-electron chi connectivity index (χ2n) is 4.67. The van der Waals surface area contributed by atoms with E-state index in [1.807, 2.05) is 27.7 Å². The van der Waals surface area contributed by atoms with Crippen LogP contribution < -0.4 is 5.73 Å². The van der Waals surface area contributed by atoms with Crippen molar-refractivity contribution in [2.24, 2.45) is 11.1 Å². The quantitative estimate of drug-likeness (QED) is 0.756. The summed E-state index contributed by atoms with van der Waals surface area (Å²) in [5.74, 6) is 0. The lowest BCUT2D eigenvalue weighted by molar-refractivity contribution is 0.304. The lowest BCUT2D eigenvalue weighted by Crippen LogP contribution is -2.48. The Morgan fingerprint density at radius 3 is 1.77 bits per heavy atom. The fraction of sp³-hybridized carbons (Fsp3) is 1.00. The van der Waals surface area contributed by atoms with Crippen LogP contribution in [0, 0.1) is 5.41 Å². The molecule has 0 aliphatic rings. The van der Waals surface area contributed by atoms with Crippen LogP contribution in [0.5, 0.6) is 0 Å². The highest BCUT2D eigenvalue weighted by Crippen LogP contribution is 2.24. The molecule has 0 aliphatic carbocycles. The fourth-order valence-electron chi connectivity index (χ4n) is 1.38. The molecule has 0 aromatic carbocycles. The molecule has 0 radical (unpaired) electrons. The smallest absolute Gasteiger partial charge is 0.151 e. The standard InChI is InChI=1S/C9H21NO2S/c1-6-7(13(5,11)12)8(10)9(2,3)4/h7-8H,6,10H2,1-5H3/t7-,8+/m0/s1. The molecule has 13 heavy (non-hydrogen) atoms. The number of hydrogen-bond donors (Lipinski definition) is 1. The predicted octanol–water partition coefficient (Wildman–Crippen LogP) is 1.18. The van der Waals surface area contributed by atoms with Gasteiger partial charge in [0.2, 0.25) is 0 Å². The molecule has 0 fully saturated rings. The Hall–Kier alpha value is -0.0900. The van der Waals surface area contributed by atoms with E-state index < -0.39 is 15.1 Å². The number of rotatable bonds is 3. The van der Waals surface area contributed by atoms with Gasteiger partial charge in [0.25, 0.3) is 0 Å². The van der Waals surface area contributed by atoms with Crippen molar-refractivity contribution in [3.05, 3.63) is 0 Å². The molecule has 0 amide bonds. The van der Waals surface area contributed by atoms with E-state index in [2.05, 4.69) is 0 Å². The maximum Gasteiger partial charge on any atom is 0.151 e. The van der Waals surface area contributed by atoms with Crippen LogP contribution in [0.4, 0.5) is 0 Å². The first-order chi connectivity index (χ1) is 5.60. The third-order valence-electron chi connectivity index (χ3n) is 2.35. The minimum atomic E-state index is -3.02. The van der Waals surface area contributed by atoms with Crippen LogP contribution >= 0.6 is 0 Å². The Balaban J connectivity index is 4.82. The molecule has 0 heterocycles. The second kappa shape index (κ2) is 3.96. The van der Waals surface area contributed by atoms with Crippen molar-refractivity contribution in [3.8, 4) is 0 Å². The molecule has 80 valence electrons. The average Bonchev–Trinajstić information content (AvgIpc) is 1.83. The van der Waals surface area contributed by atoms with Crippen LogP contribution in [-0.2, 0) is 9.84 Å². The molecule has 0 aliphatic heterocycles. The van der Waals surface area contributed by atoms with Gasteiger partial charge in [0, 0.05) is 12.3 Å². The summed E-state index contributed by atoms with van der Waals surface area (Å²) in [6.07, 6.45) is 1.84. The van der Waals surface area contributed by atoms with Gasteiger partial charge >= 0.3 is 0 Å². The molecular weight excluding hydrogens is 186 g/mol. The monoisotopic (exact) mass is 207 g/mol. The maximum absolute atomic E-state index is 11.4. The zero-order valence-corrected chi connectivity index (χ0v) is 9.98. The van der Waals surface area contributed by atoms with Gasteiger partial charge in [-0.3, -0.25) is 0 Å². The first kappa shape index (κ1) is 12.9. The van der Waals surface area contributed by atoms with Gasteiger partial charge in [-0.2, -0.15) is 0 Å². The van der Waals surface area contributed by atoms with Gasteiger partial charge in [-0.25, -0.2) is 8.42 Å². The Bertz CT molecular complexity index is 251. The number of sulfone groups is 1. The normalized spacial score (nSPS) is 18.3. The van der Waals surface area contributed by atoms with Crippen molar-refractivity contribution in [2.45, 2.75) is 45.4 Å². The first-order valence-electron chi connectivity index (χ1n) is 4.55. The molecule has 4 heteroatoms. The van der Waals surface area contributed by atoms with E-state index in [0.29, 0.717) is 6.42 Å².